The molecule has 0 aliphatic carbocycles. The van der Waals surface area contributed by atoms with Gasteiger partial charge < -0.3 is 5.32 Å². The molecule has 1 aromatic carbocycles. The highest BCUT2D eigenvalue weighted by molar-refractivity contribution is 7.18. The highest BCUT2D eigenvalue weighted by atomic mass is 35.5. The molecule has 0 saturated carbocycles. The Balaban J connectivity index is 0.00000132. The van der Waals surface area contributed by atoms with Crippen LogP contribution in [0.4, 0.5) is 0 Å². The van der Waals surface area contributed by atoms with Crippen LogP contribution in [0.1, 0.15) is 23.9 Å². The maximum Gasteiger partial charge on any atom is 0.111 e. The molecule has 5 heteroatoms. The first kappa shape index (κ1) is 14.4. The van der Waals surface area contributed by atoms with Crippen molar-refractivity contribution in [1.29, 1.82) is 0 Å². The summed E-state index contributed by atoms with van der Waals surface area (Å²) in [5.74, 6) is 0. The molecular formula is C16H16ClN3S. The third kappa shape index (κ3) is 2.67. The fourth-order valence-electron chi connectivity index (χ4n) is 2.72. The number of hydrogen-bond acceptors (Lipinski definition) is 4. The lowest BCUT2D eigenvalue weighted by molar-refractivity contribution is 0.644. The van der Waals surface area contributed by atoms with Crippen molar-refractivity contribution in [1.82, 2.24) is 15.3 Å². The van der Waals surface area contributed by atoms with Gasteiger partial charge in [-0.3, -0.25) is 4.98 Å². The van der Waals surface area contributed by atoms with Crippen LogP contribution in [0.25, 0.3) is 21.5 Å². The van der Waals surface area contributed by atoms with Crippen molar-refractivity contribution in [2.45, 2.75) is 18.9 Å². The van der Waals surface area contributed by atoms with Crippen LogP contribution in [0.5, 0.6) is 0 Å². The molecule has 3 aromatic rings. The largest absolute Gasteiger partial charge is 0.308 e. The van der Waals surface area contributed by atoms with Crippen LogP contribution in [0.15, 0.2) is 42.6 Å². The SMILES string of the molecule is Cl.c1ccc(-c2nccc3sc([C@@H]4CCCN4)nc23)cc1. The molecule has 0 spiro atoms. The van der Waals surface area contributed by atoms with Gasteiger partial charge in [0.15, 0.2) is 0 Å². The first-order chi connectivity index (χ1) is 9.92. The van der Waals surface area contributed by atoms with E-state index in [1.807, 2.05) is 24.4 Å². The number of rotatable bonds is 2. The zero-order valence-corrected chi connectivity index (χ0v) is 13.1. The topological polar surface area (TPSA) is 37.8 Å². The maximum absolute atomic E-state index is 4.86. The molecule has 0 amide bonds. The minimum Gasteiger partial charge on any atom is -0.308 e. The number of aromatic nitrogens is 2. The van der Waals surface area contributed by atoms with Gasteiger partial charge in [0, 0.05) is 11.8 Å². The smallest absolute Gasteiger partial charge is 0.111 e. The Morgan fingerprint density at radius 1 is 1.14 bits per heavy atom. The zero-order valence-electron chi connectivity index (χ0n) is 11.5. The van der Waals surface area contributed by atoms with Gasteiger partial charge in [-0.05, 0) is 25.5 Å². The van der Waals surface area contributed by atoms with Crippen LogP contribution < -0.4 is 5.32 Å². The third-order valence-electron chi connectivity index (χ3n) is 3.73. The van der Waals surface area contributed by atoms with Gasteiger partial charge in [-0.15, -0.1) is 23.7 Å². The van der Waals surface area contributed by atoms with Gasteiger partial charge in [0.1, 0.15) is 10.5 Å². The van der Waals surface area contributed by atoms with Gasteiger partial charge in [0.05, 0.1) is 16.4 Å². The second kappa shape index (κ2) is 6.10. The lowest BCUT2D eigenvalue weighted by atomic mass is 10.1. The van der Waals surface area contributed by atoms with E-state index in [2.05, 4.69) is 28.5 Å². The Hall–Kier alpha value is -1.49. The average molecular weight is 318 g/mol. The van der Waals surface area contributed by atoms with E-state index in [1.54, 1.807) is 11.3 Å². The quantitative estimate of drug-likeness (QED) is 0.769. The monoisotopic (exact) mass is 317 g/mol. The molecule has 1 atom stereocenters. The predicted octanol–water partition coefficient (Wildman–Crippen LogP) is 4.20. The number of nitrogens with zero attached hydrogens (tertiary/aromatic N) is 2. The molecular weight excluding hydrogens is 302 g/mol. The molecule has 3 heterocycles. The van der Waals surface area contributed by atoms with E-state index < -0.39 is 0 Å². The summed E-state index contributed by atoms with van der Waals surface area (Å²) in [7, 11) is 0. The highest BCUT2D eigenvalue weighted by Gasteiger charge is 2.21. The van der Waals surface area contributed by atoms with Gasteiger partial charge >= 0.3 is 0 Å². The van der Waals surface area contributed by atoms with Gasteiger partial charge in [-0.25, -0.2) is 4.98 Å². The van der Waals surface area contributed by atoms with Crippen LogP contribution in [-0.2, 0) is 0 Å². The molecule has 1 aliphatic heterocycles. The summed E-state index contributed by atoms with van der Waals surface area (Å²) in [6, 6.07) is 12.8. The first-order valence-corrected chi connectivity index (χ1v) is 7.78. The van der Waals surface area contributed by atoms with E-state index in [9.17, 15) is 0 Å². The standard InChI is InChI=1S/C16H15N3S.ClH/c1-2-5-11(6-3-1)14-15-13(8-10-18-14)20-16(19-15)12-7-4-9-17-12;/h1-3,5-6,8,10,12,17H,4,7,9H2;1H/t12-;/m0./s1. The van der Waals surface area contributed by atoms with Crippen LogP contribution in [0, 0.1) is 0 Å². The maximum atomic E-state index is 4.86. The number of hydrogen-bond donors (Lipinski definition) is 1. The van der Waals surface area contributed by atoms with E-state index in [0.29, 0.717) is 6.04 Å². The van der Waals surface area contributed by atoms with Crippen molar-refractivity contribution in [3.8, 4) is 11.3 Å². The Morgan fingerprint density at radius 3 is 2.76 bits per heavy atom. The molecule has 1 N–H and O–H groups in total. The average Bonchev–Trinajstić information content (AvgIpc) is 3.16. The number of fused-ring (bicyclic) bond motifs is 1. The summed E-state index contributed by atoms with van der Waals surface area (Å²) in [5, 5.41) is 4.72. The minimum absolute atomic E-state index is 0. The van der Waals surface area contributed by atoms with Crippen molar-refractivity contribution < 1.29 is 0 Å². The van der Waals surface area contributed by atoms with Crippen molar-refractivity contribution in [3.63, 3.8) is 0 Å². The lowest BCUT2D eigenvalue weighted by Gasteiger charge is -2.04. The molecule has 1 fully saturated rings. The van der Waals surface area contributed by atoms with Crippen molar-refractivity contribution in [2.75, 3.05) is 6.54 Å². The lowest BCUT2D eigenvalue weighted by Crippen LogP contribution is -2.12. The second-order valence-electron chi connectivity index (χ2n) is 5.07. The predicted molar refractivity (Wildman–Crippen MR) is 90.1 cm³/mol. The molecule has 1 aliphatic rings. The number of nitrogens with one attached hydrogen (secondary N) is 1. The highest BCUT2D eigenvalue weighted by Crippen LogP contribution is 2.34. The van der Waals surface area contributed by atoms with Gasteiger partial charge in [0.25, 0.3) is 0 Å². The number of thiazole rings is 1. The fraction of sp³-hybridized carbons (Fsp3) is 0.250. The van der Waals surface area contributed by atoms with Crippen LogP contribution in [0.3, 0.4) is 0 Å². The minimum atomic E-state index is 0. The van der Waals surface area contributed by atoms with Crippen LogP contribution in [-0.4, -0.2) is 16.5 Å². The van der Waals surface area contributed by atoms with Crippen molar-refractivity contribution in [2.24, 2.45) is 0 Å². The van der Waals surface area contributed by atoms with Gasteiger partial charge in [-0.1, -0.05) is 30.3 Å². The van der Waals surface area contributed by atoms with E-state index in [-0.39, 0.29) is 12.4 Å². The normalized spacial score (nSPS) is 17.8. The Labute approximate surface area is 133 Å². The van der Waals surface area contributed by atoms with Crippen molar-refractivity contribution in [3.05, 3.63) is 47.6 Å². The molecule has 21 heavy (non-hydrogen) atoms. The number of benzene rings is 1. The van der Waals surface area contributed by atoms with Crippen LogP contribution in [0.2, 0.25) is 0 Å². The summed E-state index contributed by atoms with van der Waals surface area (Å²) in [6.45, 7) is 1.10. The molecule has 1 saturated heterocycles. The first-order valence-electron chi connectivity index (χ1n) is 6.96. The summed E-state index contributed by atoms with van der Waals surface area (Å²) in [5.41, 5.74) is 3.16. The molecule has 108 valence electrons. The molecule has 0 radical (unpaired) electrons. The number of halogens is 1. The second-order valence-corrected chi connectivity index (χ2v) is 6.14. The summed E-state index contributed by atoms with van der Waals surface area (Å²) < 4.78 is 1.22. The molecule has 0 bridgehead atoms. The van der Waals surface area contributed by atoms with Gasteiger partial charge in [0.2, 0.25) is 0 Å². The van der Waals surface area contributed by atoms with E-state index >= 15 is 0 Å². The summed E-state index contributed by atoms with van der Waals surface area (Å²) in [4.78, 5) is 9.41. The third-order valence-corrected chi connectivity index (χ3v) is 4.86. The van der Waals surface area contributed by atoms with E-state index in [1.165, 1.54) is 22.5 Å². The summed E-state index contributed by atoms with van der Waals surface area (Å²) in [6.07, 6.45) is 4.31. The molecule has 3 nitrogen and oxygen atoms in total. The van der Waals surface area contributed by atoms with Crippen LogP contribution >= 0.6 is 23.7 Å². The summed E-state index contributed by atoms with van der Waals surface area (Å²) >= 11 is 1.79. The molecule has 0 unspecified atom stereocenters. The Kier molecular flexibility index (Phi) is 4.19. The molecule has 4 rings (SSSR count). The molecule has 2 aromatic heterocycles. The van der Waals surface area contributed by atoms with E-state index in [4.69, 9.17) is 4.98 Å². The number of pyridine rings is 1. The van der Waals surface area contributed by atoms with Crippen molar-refractivity contribution >= 4 is 34.0 Å². The Bertz CT molecular complexity index is 736. The Morgan fingerprint density at radius 2 is 2.00 bits per heavy atom. The fourth-order valence-corrected chi connectivity index (χ4v) is 3.80. The van der Waals surface area contributed by atoms with Gasteiger partial charge in [-0.2, -0.15) is 0 Å². The van der Waals surface area contributed by atoms with E-state index in [0.717, 1.165) is 23.3 Å². The zero-order chi connectivity index (χ0) is 13.4.